The average molecular weight is 350 g/mol. The fourth-order valence-electron chi connectivity index (χ4n) is 3.82. The molecule has 0 spiro atoms. The van der Waals surface area contributed by atoms with E-state index in [0.717, 1.165) is 57.8 Å². The maximum atomic E-state index is 12.5. The minimum Gasteiger partial charge on any atom is -0.368 e. The van der Waals surface area contributed by atoms with E-state index in [-0.39, 0.29) is 5.91 Å². The van der Waals surface area contributed by atoms with Gasteiger partial charge in [-0.05, 0) is 43.5 Å². The van der Waals surface area contributed by atoms with Crippen LogP contribution in [0, 0.1) is 0 Å². The van der Waals surface area contributed by atoms with Gasteiger partial charge >= 0.3 is 0 Å². The zero-order valence-corrected chi connectivity index (χ0v) is 15.2. The summed E-state index contributed by atoms with van der Waals surface area (Å²) in [7, 11) is 0. The Morgan fingerprint density at radius 2 is 1.38 bits per heavy atom. The normalized spacial score (nSPS) is 18.1. The van der Waals surface area contributed by atoms with E-state index in [1.807, 2.05) is 23.2 Å². The van der Waals surface area contributed by atoms with Crippen LogP contribution in [0.3, 0.4) is 0 Å². The van der Waals surface area contributed by atoms with Crippen LogP contribution in [-0.4, -0.2) is 55.1 Å². The molecule has 0 N–H and O–H groups in total. The predicted octanol–water partition coefficient (Wildman–Crippen LogP) is 3.03. The summed E-state index contributed by atoms with van der Waals surface area (Å²) in [6, 6.07) is 14.5. The smallest absolute Gasteiger partial charge is 0.272 e. The van der Waals surface area contributed by atoms with Crippen molar-refractivity contribution in [2.24, 2.45) is 0 Å². The van der Waals surface area contributed by atoms with E-state index in [2.05, 4.69) is 45.1 Å². The van der Waals surface area contributed by atoms with Crippen molar-refractivity contribution in [3.05, 3.63) is 54.4 Å². The molecule has 4 rings (SSSR count). The summed E-state index contributed by atoms with van der Waals surface area (Å²) in [4.78, 5) is 23.7. The van der Waals surface area contributed by atoms with Crippen LogP contribution < -0.4 is 9.80 Å². The number of para-hydroxylation sites is 1. The zero-order valence-electron chi connectivity index (χ0n) is 15.2. The molecule has 0 atom stereocenters. The molecule has 2 aromatic rings. The Bertz CT molecular complexity index is 717. The van der Waals surface area contributed by atoms with Gasteiger partial charge in [-0.1, -0.05) is 18.2 Å². The van der Waals surface area contributed by atoms with Crippen molar-refractivity contribution >= 4 is 17.3 Å². The predicted molar refractivity (Wildman–Crippen MR) is 105 cm³/mol. The van der Waals surface area contributed by atoms with Crippen molar-refractivity contribution in [2.45, 2.75) is 19.3 Å². The van der Waals surface area contributed by atoms with Gasteiger partial charge in [0.15, 0.2) is 0 Å². The Morgan fingerprint density at radius 3 is 2.00 bits per heavy atom. The van der Waals surface area contributed by atoms with Crippen LogP contribution in [0.1, 0.15) is 29.8 Å². The third kappa shape index (κ3) is 3.66. The Kier molecular flexibility index (Phi) is 5.04. The summed E-state index contributed by atoms with van der Waals surface area (Å²) >= 11 is 0. The molecule has 136 valence electrons. The van der Waals surface area contributed by atoms with E-state index in [1.165, 1.54) is 12.1 Å². The number of hydrogen-bond acceptors (Lipinski definition) is 4. The first-order chi connectivity index (χ1) is 12.8. The summed E-state index contributed by atoms with van der Waals surface area (Å²) in [5.41, 5.74) is 2.96. The van der Waals surface area contributed by atoms with Crippen LogP contribution in [-0.2, 0) is 0 Å². The molecule has 1 amide bonds. The Balaban J connectivity index is 1.36. The van der Waals surface area contributed by atoms with Gasteiger partial charge in [0.05, 0.1) is 11.9 Å². The number of likely N-dealkylation sites (tertiary alicyclic amines) is 1. The van der Waals surface area contributed by atoms with Crippen molar-refractivity contribution in [3.8, 4) is 0 Å². The molecule has 2 fully saturated rings. The molecule has 1 aromatic carbocycles. The van der Waals surface area contributed by atoms with E-state index >= 15 is 0 Å². The number of aromatic nitrogens is 1. The van der Waals surface area contributed by atoms with E-state index in [1.54, 1.807) is 0 Å². The fraction of sp³-hybridized carbons (Fsp3) is 0.429. The molecular formula is C21H26N4O. The van der Waals surface area contributed by atoms with E-state index in [4.69, 9.17) is 0 Å². The Morgan fingerprint density at radius 1 is 0.731 bits per heavy atom. The fourth-order valence-corrected chi connectivity index (χ4v) is 3.82. The number of carbonyl (C=O) groups is 1. The Labute approximate surface area is 155 Å². The average Bonchev–Trinajstić information content (AvgIpc) is 2.75. The van der Waals surface area contributed by atoms with Crippen LogP contribution in [0.2, 0.25) is 0 Å². The molecule has 3 heterocycles. The van der Waals surface area contributed by atoms with Crippen LogP contribution in [0.25, 0.3) is 0 Å². The second-order valence-corrected chi connectivity index (χ2v) is 7.06. The summed E-state index contributed by atoms with van der Waals surface area (Å²) in [6.07, 6.45) is 5.30. The summed E-state index contributed by atoms with van der Waals surface area (Å²) in [5.74, 6) is 0.0742. The lowest BCUT2D eigenvalue weighted by atomic mass is 10.1. The lowest BCUT2D eigenvalue weighted by Crippen LogP contribution is -2.46. The second-order valence-electron chi connectivity index (χ2n) is 7.06. The zero-order chi connectivity index (χ0) is 17.8. The molecule has 0 radical (unpaired) electrons. The molecule has 0 saturated carbocycles. The molecule has 0 unspecified atom stereocenters. The van der Waals surface area contributed by atoms with Crippen molar-refractivity contribution in [3.63, 3.8) is 0 Å². The van der Waals surface area contributed by atoms with Crippen molar-refractivity contribution < 1.29 is 4.79 Å². The molecular weight excluding hydrogens is 324 g/mol. The van der Waals surface area contributed by atoms with Gasteiger partial charge in [-0.2, -0.15) is 0 Å². The van der Waals surface area contributed by atoms with Gasteiger partial charge in [0, 0.05) is 45.0 Å². The SMILES string of the molecule is O=C(c1ccc(N2CCN(c3ccccc3)CC2)cn1)N1CCCCC1. The van der Waals surface area contributed by atoms with Gasteiger partial charge in [0.1, 0.15) is 5.69 Å². The van der Waals surface area contributed by atoms with Crippen LogP contribution >= 0.6 is 0 Å². The lowest BCUT2D eigenvalue weighted by Gasteiger charge is -2.37. The van der Waals surface area contributed by atoms with Crippen molar-refractivity contribution in [1.82, 2.24) is 9.88 Å². The molecule has 26 heavy (non-hydrogen) atoms. The maximum Gasteiger partial charge on any atom is 0.272 e. The summed E-state index contributed by atoms with van der Waals surface area (Å²) in [6.45, 7) is 5.66. The van der Waals surface area contributed by atoms with Crippen LogP contribution in [0.4, 0.5) is 11.4 Å². The van der Waals surface area contributed by atoms with Crippen molar-refractivity contribution in [2.75, 3.05) is 49.1 Å². The molecule has 2 aliphatic rings. The van der Waals surface area contributed by atoms with E-state index in [9.17, 15) is 4.79 Å². The van der Waals surface area contributed by atoms with Gasteiger partial charge in [-0.15, -0.1) is 0 Å². The second kappa shape index (κ2) is 7.77. The summed E-state index contributed by atoms with van der Waals surface area (Å²) in [5, 5.41) is 0. The van der Waals surface area contributed by atoms with Gasteiger partial charge in [-0.3, -0.25) is 4.79 Å². The van der Waals surface area contributed by atoms with Crippen LogP contribution in [0.5, 0.6) is 0 Å². The first-order valence-corrected chi connectivity index (χ1v) is 9.61. The highest BCUT2D eigenvalue weighted by Crippen LogP contribution is 2.20. The molecule has 5 heteroatoms. The van der Waals surface area contributed by atoms with Gasteiger partial charge in [0.2, 0.25) is 0 Å². The number of nitrogens with zero attached hydrogens (tertiary/aromatic N) is 4. The molecule has 2 saturated heterocycles. The topological polar surface area (TPSA) is 39.7 Å². The van der Waals surface area contributed by atoms with Gasteiger partial charge in [-0.25, -0.2) is 4.98 Å². The highest BCUT2D eigenvalue weighted by molar-refractivity contribution is 5.92. The third-order valence-corrected chi connectivity index (χ3v) is 5.38. The molecule has 2 aliphatic heterocycles. The maximum absolute atomic E-state index is 12.5. The number of pyridine rings is 1. The monoisotopic (exact) mass is 350 g/mol. The first-order valence-electron chi connectivity index (χ1n) is 9.61. The number of benzene rings is 1. The molecule has 0 bridgehead atoms. The largest absolute Gasteiger partial charge is 0.368 e. The minimum atomic E-state index is 0.0742. The lowest BCUT2D eigenvalue weighted by molar-refractivity contribution is 0.0718. The number of piperidine rings is 1. The molecule has 5 nitrogen and oxygen atoms in total. The highest BCUT2D eigenvalue weighted by Gasteiger charge is 2.21. The first kappa shape index (κ1) is 16.9. The number of rotatable bonds is 3. The number of amides is 1. The van der Waals surface area contributed by atoms with Crippen LogP contribution in [0.15, 0.2) is 48.7 Å². The molecule has 0 aliphatic carbocycles. The number of anilines is 2. The quantitative estimate of drug-likeness (QED) is 0.853. The van der Waals surface area contributed by atoms with E-state index in [0.29, 0.717) is 5.69 Å². The Hall–Kier alpha value is -2.56. The summed E-state index contributed by atoms with van der Waals surface area (Å²) < 4.78 is 0. The number of carbonyl (C=O) groups excluding carboxylic acids is 1. The highest BCUT2D eigenvalue weighted by atomic mass is 16.2. The number of hydrogen-bond donors (Lipinski definition) is 0. The van der Waals surface area contributed by atoms with Crippen molar-refractivity contribution in [1.29, 1.82) is 0 Å². The van der Waals surface area contributed by atoms with E-state index < -0.39 is 0 Å². The third-order valence-electron chi connectivity index (χ3n) is 5.38. The van der Waals surface area contributed by atoms with Gasteiger partial charge in [0.25, 0.3) is 5.91 Å². The number of piperazine rings is 1. The molecule has 1 aromatic heterocycles. The minimum absolute atomic E-state index is 0.0742. The standard InChI is InChI=1S/C21H26N4O/c26-21(25-11-5-2-6-12-25)20-10-9-19(17-22-20)24-15-13-23(14-16-24)18-7-3-1-4-8-18/h1,3-4,7-10,17H,2,5-6,11-16H2. The van der Waals surface area contributed by atoms with Gasteiger partial charge < -0.3 is 14.7 Å².